The number of nitrogens with two attached hydrogens (primary N) is 1. The van der Waals surface area contributed by atoms with Gasteiger partial charge in [0.15, 0.2) is 0 Å². The molecule has 0 aliphatic heterocycles. The average Bonchev–Trinajstić information content (AvgIpc) is 2.04. The highest BCUT2D eigenvalue weighted by atomic mass is 16.1. The van der Waals surface area contributed by atoms with Gasteiger partial charge >= 0.3 is 0 Å². The summed E-state index contributed by atoms with van der Waals surface area (Å²) in [6.07, 6.45) is 1.36. The number of nitrogens with one attached hydrogen (secondary N) is 2. The van der Waals surface area contributed by atoms with Gasteiger partial charge in [0.05, 0.1) is 6.54 Å². The standard InChI is InChI=1S/C6H13N3O2/c7-4-6(11)9-3-1-2-8-5-10/h5H,1-4,7H2,(H,8,10)(H,9,11). The molecule has 5 heteroatoms. The van der Waals surface area contributed by atoms with Crippen molar-refractivity contribution in [2.24, 2.45) is 5.73 Å². The molecular formula is C6H13N3O2. The van der Waals surface area contributed by atoms with Gasteiger partial charge in [0.2, 0.25) is 12.3 Å². The summed E-state index contributed by atoms with van der Waals surface area (Å²) in [6, 6.07) is 0. The van der Waals surface area contributed by atoms with Crippen molar-refractivity contribution in [1.29, 1.82) is 0 Å². The maximum atomic E-state index is 10.5. The Balaban J connectivity index is 3.01. The van der Waals surface area contributed by atoms with Gasteiger partial charge in [0.1, 0.15) is 0 Å². The molecule has 0 aromatic rings. The number of amides is 2. The first-order valence-electron chi connectivity index (χ1n) is 3.45. The molecule has 0 radical (unpaired) electrons. The minimum absolute atomic E-state index is 0.0150. The number of carbonyl (C=O) groups is 2. The SMILES string of the molecule is NCC(=O)NCCCNC=O. The van der Waals surface area contributed by atoms with E-state index in [2.05, 4.69) is 10.6 Å². The van der Waals surface area contributed by atoms with Gasteiger partial charge in [-0.3, -0.25) is 9.59 Å². The molecule has 0 bridgehead atoms. The summed E-state index contributed by atoms with van der Waals surface area (Å²) in [4.78, 5) is 20.3. The van der Waals surface area contributed by atoms with Gasteiger partial charge in [0.25, 0.3) is 0 Å². The van der Waals surface area contributed by atoms with E-state index in [4.69, 9.17) is 5.73 Å². The summed E-state index contributed by atoms with van der Waals surface area (Å²) in [5, 5.41) is 5.05. The maximum absolute atomic E-state index is 10.5. The summed E-state index contributed by atoms with van der Waals surface area (Å²) in [5.41, 5.74) is 5.03. The lowest BCUT2D eigenvalue weighted by molar-refractivity contribution is -0.119. The van der Waals surface area contributed by atoms with Crippen LogP contribution < -0.4 is 16.4 Å². The van der Waals surface area contributed by atoms with Crippen LogP contribution in [-0.2, 0) is 9.59 Å². The van der Waals surface area contributed by atoms with Crippen molar-refractivity contribution >= 4 is 12.3 Å². The van der Waals surface area contributed by atoms with Crippen molar-refractivity contribution < 1.29 is 9.59 Å². The fraction of sp³-hybridized carbons (Fsp3) is 0.667. The quantitative estimate of drug-likeness (QED) is 0.316. The van der Waals surface area contributed by atoms with Crippen LogP contribution in [0.15, 0.2) is 0 Å². The largest absolute Gasteiger partial charge is 0.359 e. The molecule has 0 unspecified atom stereocenters. The Bertz CT molecular complexity index is 127. The molecule has 0 aromatic heterocycles. The van der Waals surface area contributed by atoms with Crippen LogP contribution in [0.5, 0.6) is 0 Å². The molecule has 11 heavy (non-hydrogen) atoms. The van der Waals surface area contributed by atoms with Gasteiger partial charge in [-0.1, -0.05) is 0 Å². The van der Waals surface area contributed by atoms with Crippen molar-refractivity contribution in [3.8, 4) is 0 Å². The summed E-state index contributed by atoms with van der Waals surface area (Å²) in [7, 11) is 0. The molecule has 0 atom stereocenters. The zero-order chi connectivity index (χ0) is 8.53. The molecule has 0 saturated carbocycles. The Kier molecular flexibility index (Phi) is 6.31. The average molecular weight is 159 g/mol. The van der Waals surface area contributed by atoms with Gasteiger partial charge in [-0.25, -0.2) is 0 Å². The fourth-order valence-electron chi connectivity index (χ4n) is 0.549. The Morgan fingerprint density at radius 1 is 1.45 bits per heavy atom. The van der Waals surface area contributed by atoms with E-state index in [1.807, 2.05) is 0 Å². The molecule has 0 aliphatic rings. The zero-order valence-corrected chi connectivity index (χ0v) is 6.30. The second-order valence-corrected chi connectivity index (χ2v) is 1.98. The van der Waals surface area contributed by atoms with Crippen LogP contribution in [0.25, 0.3) is 0 Å². The second-order valence-electron chi connectivity index (χ2n) is 1.98. The highest BCUT2D eigenvalue weighted by molar-refractivity contribution is 5.77. The third kappa shape index (κ3) is 6.79. The summed E-state index contributed by atoms with van der Waals surface area (Å²) < 4.78 is 0. The van der Waals surface area contributed by atoms with Gasteiger partial charge < -0.3 is 16.4 Å². The van der Waals surface area contributed by atoms with E-state index in [1.54, 1.807) is 0 Å². The number of carbonyl (C=O) groups excluding carboxylic acids is 2. The highest BCUT2D eigenvalue weighted by Gasteiger charge is 1.93. The fourth-order valence-corrected chi connectivity index (χ4v) is 0.549. The lowest BCUT2D eigenvalue weighted by Gasteiger charge is -2.01. The molecule has 0 aliphatic carbocycles. The van der Waals surface area contributed by atoms with Crippen molar-refractivity contribution in [1.82, 2.24) is 10.6 Å². The van der Waals surface area contributed by atoms with Crippen LogP contribution in [0.1, 0.15) is 6.42 Å². The van der Waals surface area contributed by atoms with Crippen LogP contribution in [0.3, 0.4) is 0 Å². The third-order valence-electron chi connectivity index (χ3n) is 1.09. The topological polar surface area (TPSA) is 84.2 Å². The summed E-state index contributed by atoms with van der Waals surface area (Å²) in [6.45, 7) is 1.15. The normalized spacial score (nSPS) is 8.82. The van der Waals surface area contributed by atoms with E-state index in [1.165, 1.54) is 0 Å². The van der Waals surface area contributed by atoms with E-state index >= 15 is 0 Å². The predicted molar refractivity (Wildman–Crippen MR) is 40.7 cm³/mol. The minimum Gasteiger partial charge on any atom is -0.359 e. The van der Waals surface area contributed by atoms with Crippen LogP contribution in [0.2, 0.25) is 0 Å². The van der Waals surface area contributed by atoms with Gasteiger partial charge in [0, 0.05) is 13.1 Å². The third-order valence-corrected chi connectivity index (χ3v) is 1.09. The Hall–Kier alpha value is -1.10. The molecule has 2 amide bonds. The number of rotatable bonds is 6. The highest BCUT2D eigenvalue weighted by Crippen LogP contribution is 1.71. The van der Waals surface area contributed by atoms with E-state index in [9.17, 15) is 9.59 Å². The van der Waals surface area contributed by atoms with E-state index in [0.717, 1.165) is 6.42 Å². The van der Waals surface area contributed by atoms with E-state index < -0.39 is 0 Å². The summed E-state index contributed by atoms with van der Waals surface area (Å²) in [5.74, 6) is -0.170. The first kappa shape index (κ1) is 9.90. The second kappa shape index (κ2) is 7.01. The Morgan fingerprint density at radius 2 is 2.18 bits per heavy atom. The van der Waals surface area contributed by atoms with Crippen molar-refractivity contribution in [3.05, 3.63) is 0 Å². The molecule has 64 valence electrons. The molecule has 5 nitrogen and oxygen atoms in total. The zero-order valence-electron chi connectivity index (χ0n) is 6.30. The van der Waals surface area contributed by atoms with Gasteiger partial charge in [-0.15, -0.1) is 0 Å². The Labute approximate surface area is 65.3 Å². The molecule has 0 aromatic carbocycles. The molecule has 4 N–H and O–H groups in total. The summed E-state index contributed by atoms with van der Waals surface area (Å²) >= 11 is 0. The van der Waals surface area contributed by atoms with Gasteiger partial charge in [-0.05, 0) is 6.42 Å². The monoisotopic (exact) mass is 159 g/mol. The molecular weight excluding hydrogens is 146 g/mol. The maximum Gasteiger partial charge on any atom is 0.233 e. The molecule has 0 saturated heterocycles. The van der Waals surface area contributed by atoms with Crippen molar-refractivity contribution in [3.63, 3.8) is 0 Å². The van der Waals surface area contributed by atoms with Crippen LogP contribution in [-0.4, -0.2) is 32.0 Å². The predicted octanol–water partition coefficient (Wildman–Crippen LogP) is -1.80. The minimum atomic E-state index is -0.170. The van der Waals surface area contributed by atoms with Crippen molar-refractivity contribution in [2.45, 2.75) is 6.42 Å². The first-order valence-corrected chi connectivity index (χ1v) is 3.45. The Morgan fingerprint density at radius 3 is 2.73 bits per heavy atom. The van der Waals surface area contributed by atoms with E-state index in [-0.39, 0.29) is 12.5 Å². The molecule has 0 heterocycles. The van der Waals surface area contributed by atoms with Crippen molar-refractivity contribution in [2.75, 3.05) is 19.6 Å². The lowest BCUT2D eigenvalue weighted by atomic mass is 10.4. The molecule has 0 rings (SSSR count). The van der Waals surface area contributed by atoms with Crippen LogP contribution >= 0.6 is 0 Å². The van der Waals surface area contributed by atoms with Crippen LogP contribution in [0, 0.1) is 0 Å². The first-order chi connectivity index (χ1) is 5.31. The number of hydrogen-bond acceptors (Lipinski definition) is 3. The van der Waals surface area contributed by atoms with E-state index in [0.29, 0.717) is 19.5 Å². The molecule has 0 fully saturated rings. The smallest absolute Gasteiger partial charge is 0.233 e. The lowest BCUT2D eigenvalue weighted by Crippen LogP contribution is -2.32. The number of hydrogen-bond donors (Lipinski definition) is 3. The van der Waals surface area contributed by atoms with Gasteiger partial charge in [-0.2, -0.15) is 0 Å². The molecule has 0 spiro atoms. The van der Waals surface area contributed by atoms with Crippen LogP contribution in [0.4, 0.5) is 0 Å².